The Morgan fingerprint density at radius 1 is 1.08 bits per heavy atom. The number of aliphatic hydroxyl groups is 2. The predicted octanol–water partition coefficient (Wildman–Crippen LogP) is 3.11. The Morgan fingerprint density at radius 2 is 1.73 bits per heavy atom. The molecule has 1 aliphatic carbocycles. The van der Waals surface area contributed by atoms with Crippen LogP contribution in [-0.4, -0.2) is 67.7 Å². The molecule has 1 aliphatic rings. The van der Waals surface area contributed by atoms with Gasteiger partial charge in [-0.3, -0.25) is 0 Å². The van der Waals surface area contributed by atoms with Crippen LogP contribution in [0.2, 0.25) is 5.28 Å². The van der Waals surface area contributed by atoms with Crippen LogP contribution in [0.4, 0.5) is 10.6 Å². The molecule has 10 nitrogen and oxygen atoms in total. The van der Waals surface area contributed by atoms with Gasteiger partial charge < -0.3 is 30.2 Å². The van der Waals surface area contributed by atoms with E-state index in [0.717, 1.165) is 11.1 Å². The number of methoxy groups -OCH3 is 1. The van der Waals surface area contributed by atoms with Crippen molar-refractivity contribution in [1.29, 1.82) is 0 Å². The minimum Gasteiger partial charge on any atom is -0.453 e. The highest BCUT2D eigenvalue weighted by atomic mass is 35.5. The molecule has 0 aliphatic heterocycles. The number of amides is 1. The van der Waals surface area contributed by atoms with Crippen molar-refractivity contribution in [3.63, 3.8) is 0 Å². The summed E-state index contributed by atoms with van der Waals surface area (Å²) in [4.78, 5) is 24.9. The third-order valence-electron chi connectivity index (χ3n) is 6.77. The molecule has 0 bridgehead atoms. The number of imidazole rings is 1. The second-order valence-electron chi connectivity index (χ2n) is 8.95. The highest BCUT2D eigenvalue weighted by molar-refractivity contribution is 6.28. The summed E-state index contributed by atoms with van der Waals surface area (Å²) in [5, 5.41) is 27.2. The van der Waals surface area contributed by atoms with E-state index in [0.29, 0.717) is 23.5 Å². The molecule has 192 valence electrons. The summed E-state index contributed by atoms with van der Waals surface area (Å²) in [6, 6.07) is 19.1. The third-order valence-corrected chi connectivity index (χ3v) is 6.94. The predicted molar refractivity (Wildman–Crippen MR) is 139 cm³/mol. The molecule has 0 saturated heterocycles. The Balaban J connectivity index is 1.43. The van der Waals surface area contributed by atoms with Crippen molar-refractivity contribution in [2.45, 2.75) is 36.6 Å². The van der Waals surface area contributed by atoms with Crippen LogP contribution in [0.5, 0.6) is 0 Å². The first-order chi connectivity index (χ1) is 18.0. The summed E-state index contributed by atoms with van der Waals surface area (Å²) in [5.41, 5.74) is 3.19. The summed E-state index contributed by atoms with van der Waals surface area (Å²) in [7, 11) is 1.24. The molecule has 2 aromatic carbocycles. The number of benzene rings is 2. The van der Waals surface area contributed by atoms with E-state index >= 15 is 0 Å². The molecule has 5 rings (SSSR count). The van der Waals surface area contributed by atoms with Crippen molar-refractivity contribution in [2.24, 2.45) is 0 Å². The number of carbonyl (C=O) groups excluding carboxylic acids is 1. The molecule has 0 radical (unpaired) electrons. The summed E-state index contributed by atoms with van der Waals surface area (Å²) in [6.07, 6.45) is -1.25. The fourth-order valence-electron chi connectivity index (χ4n) is 4.89. The van der Waals surface area contributed by atoms with Crippen LogP contribution in [-0.2, 0) is 4.74 Å². The standard InChI is InChI=1S/C26H27ClN6O4/c1-37-26(36)30-18-12-19(22(35)21(18)34)33-14-29-20-23(31-25(27)32-24(20)33)28-13-17(15-8-4-2-5-9-15)16-10-6-3-7-11-16/h2-11,14,17-19,21-22,34-35H,12-13H2,1H3,(H,30,36)(H,28,31,32)/t18-,19+,21+,22-/m0/s1. The molecule has 1 fully saturated rings. The van der Waals surface area contributed by atoms with Gasteiger partial charge in [-0.15, -0.1) is 0 Å². The number of carbonyl (C=O) groups is 1. The Bertz CT molecular complexity index is 1330. The topological polar surface area (TPSA) is 134 Å². The molecule has 2 heterocycles. The van der Waals surface area contributed by atoms with Crippen molar-refractivity contribution >= 4 is 34.7 Å². The van der Waals surface area contributed by atoms with Crippen LogP contribution in [0.1, 0.15) is 29.5 Å². The quantitative estimate of drug-likeness (QED) is 0.272. The van der Waals surface area contributed by atoms with E-state index in [9.17, 15) is 15.0 Å². The van der Waals surface area contributed by atoms with E-state index in [-0.39, 0.29) is 17.6 Å². The molecule has 4 N–H and O–H groups in total. The molecular weight excluding hydrogens is 496 g/mol. The Labute approximate surface area is 218 Å². The Morgan fingerprint density at radius 3 is 2.35 bits per heavy atom. The van der Waals surface area contributed by atoms with Gasteiger partial charge in [0.15, 0.2) is 17.0 Å². The molecule has 1 saturated carbocycles. The first-order valence-corrected chi connectivity index (χ1v) is 12.3. The van der Waals surface area contributed by atoms with Gasteiger partial charge in [0.25, 0.3) is 0 Å². The average molecular weight is 523 g/mol. The number of hydrogen-bond donors (Lipinski definition) is 4. The Hall–Kier alpha value is -3.73. The van der Waals surface area contributed by atoms with Crippen molar-refractivity contribution < 1.29 is 19.7 Å². The van der Waals surface area contributed by atoms with Crippen LogP contribution in [0, 0.1) is 0 Å². The highest BCUT2D eigenvalue weighted by Gasteiger charge is 2.44. The van der Waals surface area contributed by atoms with Gasteiger partial charge in [0, 0.05) is 12.5 Å². The highest BCUT2D eigenvalue weighted by Crippen LogP contribution is 2.35. The maximum Gasteiger partial charge on any atom is 0.407 e. The fraction of sp³-hybridized carbons (Fsp3) is 0.308. The third kappa shape index (κ3) is 5.08. The number of anilines is 1. The van der Waals surface area contributed by atoms with E-state index in [1.807, 2.05) is 36.4 Å². The van der Waals surface area contributed by atoms with Crippen molar-refractivity contribution in [3.05, 3.63) is 83.4 Å². The number of rotatable bonds is 7. The number of alkyl carbamates (subject to hydrolysis) is 1. The lowest BCUT2D eigenvalue weighted by Crippen LogP contribution is -2.43. The largest absolute Gasteiger partial charge is 0.453 e. The second-order valence-corrected chi connectivity index (χ2v) is 9.28. The van der Waals surface area contributed by atoms with Crippen molar-refractivity contribution in [2.75, 3.05) is 19.0 Å². The van der Waals surface area contributed by atoms with E-state index in [2.05, 4.69) is 54.6 Å². The lowest BCUT2D eigenvalue weighted by molar-refractivity contribution is 0.0142. The Kier molecular flexibility index (Phi) is 7.22. The van der Waals surface area contributed by atoms with Crippen LogP contribution in [0.3, 0.4) is 0 Å². The molecular formula is C26H27ClN6O4. The normalized spacial score (nSPS) is 21.3. The lowest BCUT2D eigenvalue weighted by atomic mass is 9.91. The van der Waals surface area contributed by atoms with Gasteiger partial charge in [-0.05, 0) is 29.1 Å². The van der Waals surface area contributed by atoms with E-state index in [1.54, 1.807) is 4.57 Å². The van der Waals surface area contributed by atoms with Crippen LogP contribution >= 0.6 is 11.6 Å². The van der Waals surface area contributed by atoms with E-state index in [4.69, 9.17) is 11.6 Å². The van der Waals surface area contributed by atoms with E-state index in [1.165, 1.54) is 13.4 Å². The molecule has 2 aromatic heterocycles. The van der Waals surface area contributed by atoms with Gasteiger partial charge in [0.05, 0.1) is 25.5 Å². The second kappa shape index (κ2) is 10.7. The number of nitrogens with zero attached hydrogens (tertiary/aromatic N) is 4. The molecule has 1 amide bonds. The van der Waals surface area contributed by atoms with Crippen molar-refractivity contribution in [3.8, 4) is 0 Å². The van der Waals surface area contributed by atoms with Gasteiger partial charge in [0.1, 0.15) is 12.2 Å². The summed E-state index contributed by atoms with van der Waals surface area (Å²) < 4.78 is 6.28. The number of aliphatic hydroxyl groups excluding tert-OH is 2. The van der Waals surface area contributed by atoms with Gasteiger partial charge in [0.2, 0.25) is 5.28 Å². The van der Waals surface area contributed by atoms with Gasteiger partial charge in [-0.1, -0.05) is 60.7 Å². The van der Waals surface area contributed by atoms with Gasteiger partial charge >= 0.3 is 6.09 Å². The maximum atomic E-state index is 11.7. The zero-order valence-electron chi connectivity index (χ0n) is 20.0. The molecule has 4 aromatic rings. The smallest absolute Gasteiger partial charge is 0.407 e. The number of aromatic nitrogens is 4. The number of halogens is 1. The fourth-order valence-corrected chi connectivity index (χ4v) is 5.06. The number of hydrogen-bond acceptors (Lipinski definition) is 8. The minimum atomic E-state index is -1.19. The zero-order chi connectivity index (χ0) is 25.9. The molecule has 0 unspecified atom stereocenters. The van der Waals surface area contributed by atoms with Gasteiger partial charge in [-0.2, -0.15) is 9.97 Å². The summed E-state index contributed by atoms with van der Waals surface area (Å²) >= 11 is 6.30. The molecule has 0 spiro atoms. The average Bonchev–Trinajstić information content (AvgIpc) is 3.46. The first-order valence-electron chi connectivity index (χ1n) is 11.9. The van der Waals surface area contributed by atoms with Crippen LogP contribution in [0.15, 0.2) is 67.0 Å². The molecule has 37 heavy (non-hydrogen) atoms. The van der Waals surface area contributed by atoms with Gasteiger partial charge in [-0.25, -0.2) is 9.78 Å². The minimum absolute atomic E-state index is 0.0185. The summed E-state index contributed by atoms with van der Waals surface area (Å²) in [5.74, 6) is 0.508. The van der Waals surface area contributed by atoms with Crippen LogP contribution < -0.4 is 10.6 Å². The summed E-state index contributed by atoms with van der Waals surface area (Å²) in [6.45, 7) is 0.527. The SMILES string of the molecule is COC(=O)N[C@H]1C[C@@H](n2cnc3c(NCC(c4ccccc4)c4ccccc4)nc(Cl)nc32)[C@H](O)[C@@H]1O. The number of ether oxygens (including phenoxy) is 1. The zero-order valence-corrected chi connectivity index (χ0v) is 20.8. The first kappa shape index (κ1) is 24.9. The number of fused-ring (bicyclic) bond motifs is 1. The maximum absolute atomic E-state index is 11.7. The molecule has 11 heteroatoms. The monoisotopic (exact) mass is 522 g/mol. The van der Waals surface area contributed by atoms with E-state index < -0.39 is 30.4 Å². The van der Waals surface area contributed by atoms with Crippen molar-refractivity contribution in [1.82, 2.24) is 24.8 Å². The molecule has 4 atom stereocenters. The lowest BCUT2D eigenvalue weighted by Gasteiger charge is -2.20. The van der Waals surface area contributed by atoms with Crippen LogP contribution in [0.25, 0.3) is 11.2 Å². The number of nitrogens with one attached hydrogen (secondary N) is 2.